The molecule has 0 N–H and O–H groups in total. The first-order valence-corrected chi connectivity index (χ1v) is 11.6. The summed E-state index contributed by atoms with van der Waals surface area (Å²) in [5, 5.41) is -0.383. The molecule has 1 saturated heterocycles. The number of nitrogens with zero attached hydrogens (tertiary/aromatic N) is 2. The predicted octanol–water partition coefficient (Wildman–Crippen LogP) is 5.64. The number of benzene rings is 1. The smallest absolute Gasteiger partial charge is 0.373 e. The van der Waals surface area contributed by atoms with E-state index in [9.17, 15) is 14.4 Å². The van der Waals surface area contributed by atoms with Gasteiger partial charge in [-0.2, -0.15) is 0 Å². The average molecular weight is 479 g/mol. The SMILES string of the molecule is COC(=O)c1ccc(CN2C(=O)S/C(=C/c3cc(C)n(-c4c(C)cc(C)cc4C)c3C)C2=O)o1. The maximum absolute atomic E-state index is 13.0. The van der Waals surface area contributed by atoms with Crippen LogP contribution in [0.25, 0.3) is 11.8 Å². The lowest BCUT2D eigenvalue weighted by molar-refractivity contribution is -0.123. The van der Waals surface area contributed by atoms with Crippen LogP contribution >= 0.6 is 11.8 Å². The second kappa shape index (κ2) is 9.02. The average Bonchev–Trinajstić information content (AvgIpc) is 3.42. The molecule has 1 fully saturated rings. The molecule has 1 aromatic carbocycles. The fourth-order valence-corrected chi connectivity index (χ4v) is 5.24. The molecule has 7 nitrogen and oxygen atoms in total. The highest BCUT2D eigenvalue weighted by Crippen LogP contribution is 2.35. The topological polar surface area (TPSA) is 81.8 Å². The van der Waals surface area contributed by atoms with Gasteiger partial charge in [0.05, 0.1) is 24.2 Å². The zero-order valence-corrected chi connectivity index (χ0v) is 20.8. The van der Waals surface area contributed by atoms with Crippen molar-refractivity contribution in [1.29, 1.82) is 0 Å². The zero-order chi connectivity index (χ0) is 24.7. The second-order valence-electron chi connectivity index (χ2n) is 8.43. The lowest BCUT2D eigenvalue weighted by Crippen LogP contribution is -2.27. The number of rotatable bonds is 5. The van der Waals surface area contributed by atoms with Gasteiger partial charge in [-0.05, 0) is 87.3 Å². The Bertz CT molecular complexity index is 1340. The van der Waals surface area contributed by atoms with Gasteiger partial charge < -0.3 is 13.7 Å². The minimum atomic E-state index is -0.616. The maximum Gasteiger partial charge on any atom is 0.373 e. The Morgan fingerprint density at radius 2 is 1.74 bits per heavy atom. The van der Waals surface area contributed by atoms with Crippen LogP contribution in [0.5, 0.6) is 0 Å². The van der Waals surface area contributed by atoms with Crippen molar-refractivity contribution in [3.8, 4) is 5.69 Å². The van der Waals surface area contributed by atoms with Crippen molar-refractivity contribution in [2.24, 2.45) is 0 Å². The largest absolute Gasteiger partial charge is 0.463 e. The first kappa shape index (κ1) is 23.6. The molecule has 2 aromatic heterocycles. The van der Waals surface area contributed by atoms with E-state index >= 15 is 0 Å². The van der Waals surface area contributed by atoms with E-state index in [0.717, 1.165) is 39.3 Å². The van der Waals surface area contributed by atoms with Crippen LogP contribution in [0.1, 0.15) is 50.0 Å². The number of ether oxygens (including phenoxy) is 1. The third-order valence-electron chi connectivity index (χ3n) is 5.85. The summed E-state index contributed by atoms with van der Waals surface area (Å²) in [5.41, 5.74) is 7.62. The fraction of sp³-hybridized carbons (Fsp3) is 0.269. The molecule has 176 valence electrons. The number of amides is 2. The number of esters is 1. The Balaban J connectivity index is 1.63. The van der Waals surface area contributed by atoms with E-state index < -0.39 is 11.9 Å². The molecule has 0 aliphatic carbocycles. The van der Waals surface area contributed by atoms with Crippen LogP contribution < -0.4 is 0 Å². The van der Waals surface area contributed by atoms with Gasteiger partial charge >= 0.3 is 5.97 Å². The molecule has 3 heterocycles. The summed E-state index contributed by atoms with van der Waals surface area (Å²) in [5.74, 6) is -0.658. The summed E-state index contributed by atoms with van der Waals surface area (Å²) < 4.78 is 12.2. The predicted molar refractivity (Wildman–Crippen MR) is 131 cm³/mol. The van der Waals surface area contributed by atoms with Gasteiger partial charge in [0, 0.05) is 11.4 Å². The number of furan rings is 1. The quantitative estimate of drug-likeness (QED) is 0.349. The molecule has 0 unspecified atom stereocenters. The Morgan fingerprint density at radius 1 is 1.06 bits per heavy atom. The van der Waals surface area contributed by atoms with E-state index in [1.165, 1.54) is 29.9 Å². The second-order valence-corrected chi connectivity index (χ2v) is 9.43. The Labute approximate surface area is 202 Å². The fourth-order valence-electron chi connectivity index (χ4n) is 4.41. The highest BCUT2D eigenvalue weighted by molar-refractivity contribution is 8.18. The number of thioether (sulfide) groups is 1. The van der Waals surface area contributed by atoms with Crippen molar-refractivity contribution in [2.75, 3.05) is 7.11 Å². The number of methoxy groups -OCH3 is 1. The number of hydrogen-bond donors (Lipinski definition) is 0. The summed E-state index contributed by atoms with van der Waals surface area (Å²) in [4.78, 5) is 38.6. The Morgan fingerprint density at radius 3 is 2.38 bits per heavy atom. The third kappa shape index (κ3) is 4.21. The maximum atomic E-state index is 13.0. The van der Waals surface area contributed by atoms with E-state index in [0.29, 0.717) is 10.7 Å². The molecule has 3 aromatic rings. The van der Waals surface area contributed by atoms with E-state index in [2.05, 4.69) is 42.2 Å². The van der Waals surface area contributed by atoms with Crippen molar-refractivity contribution < 1.29 is 23.5 Å². The molecule has 0 bridgehead atoms. The van der Waals surface area contributed by atoms with Crippen molar-refractivity contribution in [1.82, 2.24) is 9.47 Å². The summed E-state index contributed by atoms with van der Waals surface area (Å²) in [6.07, 6.45) is 1.77. The van der Waals surface area contributed by atoms with Crippen molar-refractivity contribution >= 4 is 35.0 Å². The summed E-state index contributed by atoms with van der Waals surface area (Å²) in [6, 6.07) is 9.36. The number of imide groups is 1. The van der Waals surface area contributed by atoms with Crippen molar-refractivity contribution in [2.45, 2.75) is 41.2 Å². The van der Waals surface area contributed by atoms with Crippen LogP contribution in [0.15, 0.2) is 39.7 Å². The van der Waals surface area contributed by atoms with Gasteiger partial charge in [-0.3, -0.25) is 14.5 Å². The minimum absolute atomic E-state index is 0.0224. The molecular formula is C26H26N2O5S. The molecular weight excluding hydrogens is 452 g/mol. The highest BCUT2D eigenvalue weighted by atomic mass is 32.2. The normalized spacial score (nSPS) is 15.0. The number of aryl methyl sites for hydroxylation is 4. The lowest BCUT2D eigenvalue weighted by atomic mass is 10.0. The Hall–Kier alpha value is -3.52. The van der Waals surface area contributed by atoms with Gasteiger partial charge in [-0.15, -0.1) is 0 Å². The molecule has 8 heteroatoms. The number of carbonyl (C=O) groups excluding carboxylic acids is 3. The Kier molecular flexibility index (Phi) is 6.27. The molecule has 1 aliphatic rings. The molecule has 34 heavy (non-hydrogen) atoms. The zero-order valence-electron chi connectivity index (χ0n) is 20.0. The molecule has 0 spiro atoms. The van der Waals surface area contributed by atoms with Gasteiger partial charge in [0.25, 0.3) is 11.1 Å². The van der Waals surface area contributed by atoms with Gasteiger partial charge in [-0.1, -0.05) is 17.7 Å². The van der Waals surface area contributed by atoms with E-state index in [-0.39, 0.29) is 17.5 Å². The van der Waals surface area contributed by atoms with Crippen LogP contribution in [-0.2, 0) is 16.1 Å². The first-order chi connectivity index (χ1) is 16.1. The van der Waals surface area contributed by atoms with Crippen LogP contribution in [0, 0.1) is 34.6 Å². The van der Waals surface area contributed by atoms with Gasteiger partial charge in [-0.25, -0.2) is 4.79 Å². The van der Waals surface area contributed by atoms with Crippen molar-refractivity contribution in [3.05, 3.63) is 80.4 Å². The number of hydrogen-bond acceptors (Lipinski definition) is 6. The standard InChI is InChI=1S/C26H26N2O5S/c1-14-9-15(2)23(16(3)10-14)28-17(4)11-19(18(28)5)12-22-24(29)27(26(31)34-22)13-20-7-8-21(33-20)25(30)32-6/h7-12H,13H2,1-6H3/b22-12+. The molecule has 2 amide bonds. The third-order valence-corrected chi connectivity index (χ3v) is 6.76. The summed E-state index contributed by atoms with van der Waals surface area (Å²) >= 11 is 0.897. The minimum Gasteiger partial charge on any atom is -0.463 e. The lowest BCUT2D eigenvalue weighted by Gasteiger charge is -2.17. The van der Waals surface area contributed by atoms with Crippen LogP contribution in [0.2, 0.25) is 0 Å². The van der Waals surface area contributed by atoms with Crippen LogP contribution in [0.3, 0.4) is 0 Å². The van der Waals surface area contributed by atoms with Gasteiger partial charge in [0.15, 0.2) is 0 Å². The van der Waals surface area contributed by atoms with E-state index in [1.54, 1.807) is 12.1 Å². The molecule has 1 aliphatic heterocycles. The van der Waals surface area contributed by atoms with E-state index in [1.807, 2.05) is 19.9 Å². The molecule has 0 radical (unpaired) electrons. The highest BCUT2D eigenvalue weighted by Gasteiger charge is 2.36. The number of carbonyl (C=O) groups is 3. The monoisotopic (exact) mass is 478 g/mol. The number of aromatic nitrogens is 1. The van der Waals surface area contributed by atoms with Gasteiger partial charge in [0.1, 0.15) is 5.76 Å². The first-order valence-electron chi connectivity index (χ1n) is 10.8. The summed E-state index contributed by atoms with van der Waals surface area (Å²) in [7, 11) is 1.25. The summed E-state index contributed by atoms with van der Waals surface area (Å²) in [6.45, 7) is 10.3. The molecule has 0 saturated carbocycles. The van der Waals surface area contributed by atoms with Crippen LogP contribution in [0.4, 0.5) is 4.79 Å². The van der Waals surface area contributed by atoms with Crippen molar-refractivity contribution in [3.63, 3.8) is 0 Å². The van der Waals surface area contributed by atoms with E-state index in [4.69, 9.17) is 4.42 Å². The molecule has 4 rings (SSSR count). The van der Waals surface area contributed by atoms with Crippen LogP contribution in [-0.4, -0.2) is 33.7 Å². The molecule has 0 atom stereocenters. The van der Waals surface area contributed by atoms with Gasteiger partial charge in [0.2, 0.25) is 5.76 Å².